The van der Waals surface area contributed by atoms with Gasteiger partial charge in [-0.1, -0.05) is 5.92 Å². The highest BCUT2D eigenvalue weighted by molar-refractivity contribution is 5.58. The molecule has 0 N–H and O–H groups in total. The van der Waals surface area contributed by atoms with Gasteiger partial charge in [-0.05, 0) is 31.0 Å². The van der Waals surface area contributed by atoms with Gasteiger partial charge in [0.1, 0.15) is 6.54 Å². The molecule has 0 saturated heterocycles. The van der Waals surface area contributed by atoms with Gasteiger partial charge in [-0.25, -0.2) is 0 Å². The molecule has 1 fully saturated rings. The third-order valence-corrected chi connectivity index (χ3v) is 3.01. The van der Waals surface area contributed by atoms with Crippen molar-refractivity contribution in [3.8, 4) is 23.6 Å². The van der Waals surface area contributed by atoms with Gasteiger partial charge in [0.15, 0.2) is 0 Å². The second-order valence-electron chi connectivity index (χ2n) is 4.33. The predicted molar refractivity (Wildman–Crippen MR) is 66.3 cm³/mol. The Balaban J connectivity index is 2.01. The average Bonchev–Trinajstić information content (AvgIpc) is 3.13. The van der Waals surface area contributed by atoms with E-state index in [4.69, 9.17) is 6.42 Å². The van der Waals surface area contributed by atoms with Crippen LogP contribution >= 0.6 is 0 Å². The molecule has 0 atom stereocenters. The lowest BCUT2D eigenvalue weighted by Gasteiger charge is -2.00. The molecule has 2 aromatic heterocycles. The van der Waals surface area contributed by atoms with Crippen LogP contribution in [0.5, 0.6) is 0 Å². The highest BCUT2D eigenvalue weighted by atomic mass is 15.3. The second kappa shape index (κ2) is 4.06. The van der Waals surface area contributed by atoms with Crippen LogP contribution in [0.2, 0.25) is 0 Å². The Morgan fingerprint density at radius 1 is 1.47 bits per heavy atom. The molecule has 1 saturated carbocycles. The summed E-state index contributed by atoms with van der Waals surface area (Å²) in [5, 5.41) is 4.57. The van der Waals surface area contributed by atoms with Gasteiger partial charge in [0.2, 0.25) is 0 Å². The highest BCUT2D eigenvalue weighted by Gasteiger charge is 2.28. The van der Waals surface area contributed by atoms with Gasteiger partial charge in [0.25, 0.3) is 0 Å². The number of aromatic nitrogens is 3. The Morgan fingerprint density at radius 2 is 2.35 bits per heavy atom. The molecule has 17 heavy (non-hydrogen) atoms. The van der Waals surface area contributed by atoms with Crippen LogP contribution in [0, 0.1) is 12.3 Å². The first-order chi connectivity index (χ1) is 8.38. The summed E-state index contributed by atoms with van der Waals surface area (Å²) in [5.74, 6) is 3.31. The number of rotatable bonds is 3. The fraction of sp³-hybridized carbons (Fsp3) is 0.286. The number of terminal acetylenes is 1. The zero-order chi connectivity index (χ0) is 11.7. The maximum absolute atomic E-state index is 5.37. The monoisotopic (exact) mass is 223 g/mol. The van der Waals surface area contributed by atoms with E-state index in [2.05, 4.69) is 22.1 Å². The molecule has 0 unspecified atom stereocenters. The summed E-state index contributed by atoms with van der Waals surface area (Å²) in [6.45, 7) is 0.548. The molecule has 3 nitrogen and oxygen atoms in total. The molecule has 0 radical (unpaired) electrons. The molecule has 0 aliphatic heterocycles. The van der Waals surface area contributed by atoms with Gasteiger partial charge in [0, 0.05) is 29.6 Å². The Morgan fingerprint density at radius 3 is 3.00 bits per heavy atom. The van der Waals surface area contributed by atoms with Crippen LogP contribution in [0.15, 0.2) is 30.6 Å². The third-order valence-electron chi connectivity index (χ3n) is 3.01. The van der Waals surface area contributed by atoms with Crippen molar-refractivity contribution in [3.05, 3.63) is 36.3 Å². The predicted octanol–water partition coefficient (Wildman–Crippen LogP) is 2.46. The topological polar surface area (TPSA) is 30.7 Å². The van der Waals surface area contributed by atoms with E-state index in [0.29, 0.717) is 12.5 Å². The van der Waals surface area contributed by atoms with E-state index in [-0.39, 0.29) is 0 Å². The van der Waals surface area contributed by atoms with Crippen molar-refractivity contribution < 1.29 is 0 Å². The average molecular weight is 223 g/mol. The molecule has 84 valence electrons. The quantitative estimate of drug-likeness (QED) is 0.748. The van der Waals surface area contributed by atoms with Crippen LogP contribution < -0.4 is 0 Å². The molecule has 2 heterocycles. The van der Waals surface area contributed by atoms with E-state index < -0.39 is 0 Å². The molecule has 3 heteroatoms. The molecule has 3 rings (SSSR count). The smallest absolute Gasteiger partial charge is 0.102 e. The molecule has 0 amide bonds. The Kier molecular flexibility index (Phi) is 2.41. The van der Waals surface area contributed by atoms with Crippen LogP contribution in [0.4, 0.5) is 0 Å². The molecular formula is C14H13N3. The fourth-order valence-corrected chi connectivity index (χ4v) is 2.01. The summed E-state index contributed by atoms with van der Waals surface area (Å²) in [6, 6.07) is 6.09. The molecule has 1 aliphatic carbocycles. The van der Waals surface area contributed by atoms with E-state index in [1.54, 1.807) is 6.20 Å². The summed E-state index contributed by atoms with van der Waals surface area (Å²) in [4.78, 5) is 4.12. The van der Waals surface area contributed by atoms with Gasteiger partial charge in [-0.3, -0.25) is 9.67 Å². The van der Waals surface area contributed by atoms with E-state index in [0.717, 1.165) is 11.3 Å². The van der Waals surface area contributed by atoms with E-state index >= 15 is 0 Å². The zero-order valence-electron chi connectivity index (χ0n) is 9.50. The van der Waals surface area contributed by atoms with E-state index in [9.17, 15) is 0 Å². The molecule has 0 spiro atoms. The van der Waals surface area contributed by atoms with Gasteiger partial charge in [0.05, 0.1) is 5.69 Å². The van der Waals surface area contributed by atoms with E-state index in [1.165, 1.54) is 18.5 Å². The van der Waals surface area contributed by atoms with Gasteiger partial charge in [-0.2, -0.15) is 5.10 Å². The zero-order valence-corrected chi connectivity index (χ0v) is 9.50. The van der Waals surface area contributed by atoms with Crippen LogP contribution in [0.3, 0.4) is 0 Å². The molecule has 2 aromatic rings. The Bertz CT molecular complexity index is 559. The maximum Gasteiger partial charge on any atom is 0.102 e. The first-order valence-electron chi connectivity index (χ1n) is 5.80. The van der Waals surface area contributed by atoms with Gasteiger partial charge >= 0.3 is 0 Å². The van der Waals surface area contributed by atoms with Crippen molar-refractivity contribution in [1.29, 1.82) is 0 Å². The minimum absolute atomic E-state index is 0.548. The first kappa shape index (κ1) is 10.1. The maximum atomic E-state index is 5.37. The van der Waals surface area contributed by atoms with Crippen molar-refractivity contribution in [3.63, 3.8) is 0 Å². The Labute approximate surface area is 100 Å². The number of pyridine rings is 1. The molecular weight excluding hydrogens is 210 g/mol. The first-order valence-corrected chi connectivity index (χ1v) is 5.80. The molecule has 0 aromatic carbocycles. The summed E-state index contributed by atoms with van der Waals surface area (Å²) in [6.07, 6.45) is 11.5. The largest absolute Gasteiger partial charge is 0.264 e. The van der Waals surface area contributed by atoms with Crippen molar-refractivity contribution >= 4 is 0 Å². The van der Waals surface area contributed by atoms with Crippen LogP contribution in [0.25, 0.3) is 11.3 Å². The summed E-state index contributed by atoms with van der Waals surface area (Å²) < 4.78 is 1.94. The lowest BCUT2D eigenvalue weighted by molar-refractivity contribution is 0.672. The minimum atomic E-state index is 0.548. The fourth-order valence-electron chi connectivity index (χ4n) is 2.01. The standard InChI is InChI=1S/C14H13N3/c1-2-8-17-14(11-5-6-11)9-13(16-17)12-4-3-7-15-10-12/h1,3-4,7,9-11H,5-6,8H2. The summed E-state index contributed by atoms with van der Waals surface area (Å²) in [7, 11) is 0. The van der Waals surface area contributed by atoms with Crippen molar-refractivity contribution in [1.82, 2.24) is 14.8 Å². The number of hydrogen-bond acceptors (Lipinski definition) is 2. The lowest BCUT2D eigenvalue weighted by atomic mass is 10.2. The third kappa shape index (κ3) is 1.94. The van der Waals surface area contributed by atoms with Crippen molar-refractivity contribution in [2.75, 3.05) is 0 Å². The SMILES string of the molecule is C#CCn1nc(-c2cccnc2)cc1C1CC1. The number of hydrogen-bond donors (Lipinski definition) is 0. The molecule has 0 bridgehead atoms. The van der Waals surface area contributed by atoms with Gasteiger partial charge < -0.3 is 0 Å². The van der Waals surface area contributed by atoms with Crippen LogP contribution in [-0.4, -0.2) is 14.8 Å². The summed E-state index contributed by atoms with van der Waals surface area (Å²) >= 11 is 0. The number of nitrogens with zero attached hydrogens (tertiary/aromatic N) is 3. The van der Waals surface area contributed by atoms with E-state index in [1.807, 2.05) is 23.0 Å². The summed E-state index contributed by atoms with van der Waals surface area (Å²) in [5.41, 5.74) is 3.28. The van der Waals surface area contributed by atoms with Crippen LogP contribution in [0.1, 0.15) is 24.5 Å². The van der Waals surface area contributed by atoms with Crippen molar-refractivity contribution in [2.45, 2.75) is 25.3 Å². The van der Waals surface area contributed by atoms with Crippen LogP contribution in [-0.2, 0) is 6.54 Å². The Hall–Kier alpha value is -2.08. The molecule has 1 aliphatic rings. The minimum Gasteiger partial charge on any atom is -0.264 e. The lowest BCUT2D eigenvalue weighted by Crippen LogP contribution is -2.02. The van der Waals surface area contributed by atoms with Gasteiger partial charge in [-0.15, -0.1) is 6.42 Å². The van der Waals surface area contributed by atoms with Crippen molar-refractivity contribution in [2.24, 2.45) is 0 Å². The normalized spacial score (nSPS) is 14.5. The highest BCUT2D eigenvalue weighted by Crippen LogP contribution is 2.41. The second-order valence-corrected chi connectivity index (χ2v) is 4.33.